The van der Waals surface area contributed by atoms with Crippen LogP contribution in [0.5, 0.6) is 5.75 Å². The number of halogens is 1. The van der Waals surface area contributed by atoms with E-state index >= 15 is 0 Å². The number of hydrogen-bond donors (Lipinski definition) is 1. The van der Waals surface area contributed by atoms with Gasteiger partial charge in [-0.2, -0.15) is 4.31 Å². The molecule has 0 unspecified atom stereocenters. The molecule has 0 saturated carbocycles. The van der Waals surface area contributed by atoms with Gasteiger partial charge < -0.3 is 10.1 Å². The van der Waals surface area contributed by atoms with E-state index in [4.69, 9.17) is 4.74 Å². The SMILES string of the molecule is CCCCCCOc1ccc(C(=O)Nc2ccc(S(=O)(=O)N3CCCCC3)cc2)cc1Br. The molecule has 1 aliphatic heterocycles. The largest absolute Gasteiger partial charge is 0.492 e. The highest BCUT2D eigenvalue weighted by molar-refractivity contribution is 9.10. The van der Waals surface area contributed by atoms with Gasteiger partial charge >= 0.3 is 0 Å². The first-order valence-corrected chi connectivity index (χ1v) is 13.5. The molecule has 174 valence electrons. The Morgan fingerprint density at radius 2 is 1.75 bits per heavy atom. The minimum atomic E-state index is -3.48. The van der Waals surface area contributed by atoms with Gasteiger partial charge in [-0.05, 0) is 77.7 Å². The van der Waals surface area contributed by atoms with E-state index in [1.807, 2.05) is 0 Å². The van der Waals surface area contributed by atoms with E-state index in [1.54, 1.807) is 42.5 Å². The zero-order valence-electron chi connectivity index (χ0n) is 18.5. The van der Waals surface area contributed by atoms with Crippen LogP contribution >= 0.6 is 15.9 Å². The Morgan fingerprint density at radius 3 is 2.41 bits per heavy atom. The monoisotopic (exact) mass is 522 g/mol. The van der Waals surface area contributed by atoms with Crippen LogP contribution in [-0.4, -0.2) is 38.3 Å². The third-order valence-electron chi connectivity index (χ3n) is 5.51. The van der Waals surface area contributed by atoms with Crippen LogP contribution in [-0.2, 0) is 10.0 Å². The van der Waals surface area contributed by atoms with Crippen molar-refractivity contribution in [1.29, 1.82) is 0 Å². The maximum absolute atomic E-state index is 12.8. The van der Waals surface area contributed by atoms with Crippen molar-refractivity contribution in [3.05, 3.63) is 52.5 Å². The maximum Gasteiger partial charge on any atom is 0.255 e. The zero-order valence-corrected chi connectivity index (χ0v) is 20.9. The van der Waals surface area contributed by atoms with Gasteiger partial charge in [-0.3, -0.25) is 4.79 Å². The summed E-state index contributed by atoms with van der Waals surface area (Å²) in [5.74, 6) is 0.442. The maximum atomic E-state index is 12.8. The summed E-state index contributed by atoms with van der Waals surface area (Å²) in [5.41, 5.74) is 1.03. The average Bonchev–Trinajstić information content (AvgIpc) is 2.80. The zero-order chi connectivity index (χ0) is 23.0. The first-order valence-electron chi connectivity index (χ1n) is 11.3. The summed E-state index contributed by atoms with van der Waals surface area (Å²) >= 11 is 3.48. The van der Waals surface area contributed by atoms with Crippen LogP contribution in [0.1, 0.15) is 62.2 Å². The number of anilines is 1. The van der Waals surface area contributed by atoms with Gasteiger partial charge in [0.05, 0.1) is 16.0 Å². The van der Waals surface area contributed by atoms with E-state index in [1.165, 1.54) is 17.1 Å². The Morgan fingerprint density at radius 1 is 1.03 bits per heavy atom. The number of nitrogens with zero attached hydrogens (tertiary/aromatic N) is 1. The molecule has 0 atom stereocenters. The van der Waals surface area contributed by atoms with Gasteiger partial charge in [0.1, 0.15) is 5.75 Å². The number of hydrogen-bond acceptors (Lipinski definition) is 4. The Kier molecular flexibility index (Phi) is 9.13. The number of carbonyl (C=O) groups excluding carboxylic acids is 1. The van der Waals surface area contributed by atoms with Crippen molar-refractivity contribution in [2.45, 2.75) is 56.8 Å². The molecule has 0 spiro atoms. The molecule has 1 amide bonds. The van der Waals surface area contributed by atoms with Crippen molar-refractivity contribution >= 4 is 37.5 Å². The van der Waals surface area contributed by atoms with Crippen molar-refractivity contribution in [3.63, 3.8) is 0 Å². The predicted octanol–water partition coefficient (Wildman–Crippen LogP) is 5.84. The van der Waals surface area contributed by atoms with Crippen molar-refractivity contribution < 1.29 is 17.9 Å². The van der Waals surface area contributed by atoms with Gasteiger partial charge in [0.15, 0.2) is 0 Å². The smallest absolute Gasteiger partial charge is 0.255 e. The van der Waals surface area contributed by atoms with Gasteiger partial charge in [0.2, 0.25) is 10.0 Å². The minimum absolute atomic E-state index is 0.251. The summed E-state index contributed by atoms with van der Waals surface area (Å²) in [5, 5.41) is 2.82. The number of ether oxygens (including phenoxy) is 1. The molecule has 0 aromatic heterocycles. The molecule has 0 bridgehead atoms. The lowest BCUT2D eigenvalue weighted by atomic mass is 10.2. The Bertz CT molecular complexity index is 1000. The molecule has 6 nitrogen and oxygen atoms in total. The predicted molar refractivity (Wildman–Crippen MR) is 131 cm³/mol. The average molecular weight is 523 g/mol. The van der Waals surface area contributed by atoms with Gasteiger partial charge in [-0.15, -0.1) is 0 Å². The third-order valence-corrected chi connectivity index (χ3v) is 8.05. The number of unbranched alkanes of at least 4 members (excludes halogenated alkanes) is 3. The first kappa shape index (κ1) is 24.7. The second kappa shape index (κ2) is 11.8. The third kappa shape index (κ3) is 6.56. The molecule has 1 aliphatic rings. The first-order chi connectivity index (χ1) is 15.4. The summed E-state index contributed by atoms with van der Waals surface area (Å²) in [7, 11) is -3.48. The molecule has 1 saturated heterocycles. The number of rotatable bonds is 10. The standard InChI is InChI=1S/C24H31BrN2O4S/c1-2-3-4-8-17-31-23-14-9-19(18-22(23)25)24(28)26-20-10-12-21(13-11-20)32(29,30)27-15-6-5-7-16-27/h9-14,18H,2-8,15-17H2,1H3,(H,26,28). The molecule has 2 aromatic rings. The lowest BCUT2D eigenvalue weighted by Gasteiger charge is -2.25. The van der Waals surface area contributed by atoms with Crippen molar-refractivity contribution in [2.75, 3.05) is 25.0 Å². The molecule has 8 heteroatoms. The van der Waals surface area contributed by atoms with Crippen LogP contribution < -0.4 is 10.1 Å². The second-order valence-electron chi connectivity index (χ2n) is 8.00. The lowest BCUT2D eigenvalue weighted by molar-refractivity contribution is 0.102. The minimum Gasteiger partial charge on any atom is -0.492 e. The molecule has 2 aromatic carbocycles. The topological polar surface area (TPSA) is 75.7 Å². The Labute approximate surface area is 199 Å². The quantitative estimate of drug-likeness (QED) is 0.398. The summed E-state index contributed by atoms with van der Waals surface area (Å²) in [6.45, 7) is 3.95. The van der Waals surface area contributed by atoms with E-state index in [-0.39, 0.29) is 10.8 Å². The summed E-state index contributed by atoms with van der Waals surface area (Å²) in [4.78, 5) is 12.9. The number of amides is 1. The molecule has 1 heterocycles. The fourth-order valence-electron chi connectivity index (χ4n) is 3.64. The van der Waals surface area contributed by atoms with Crippen LogP contribution in [0.4, 0.5) is 5.69 Å². The Balaban J connectivity index is 1.59. The summed E-state index contributed by atoms with van der Waals surface area (Å²) in [6.07, 6.45) is 7.40. The van der Waals surface area contributed by atoms with E-state index in [2.05, 4.69) is 28.2 Å². The highest BCUT2D eigenvalue weighted by Gasteiger charge is 2.25. The van der Waals surface area contributed by atoms with E-state index in [9.17, 15) is 13.2 Å². The number of benzene rings is 2. The van der Waals surface area contributed by atoms with Crippen LogP contribution in [0.25, 0.3) is 0 Å². The fourth-order valence-corrected chi connectivity index (χ4v) is 5.65. The molecular formula is C24H31BrN2O4S. The molecule has 32 heavy (non-hydrogen) atoms. The second-order valence-corrected chi connectivity index (χ2v) is 10.8. The molecular weight excluding hydrogens is 492 g/mol. The number of nitrogens with one attached hydrogen (secondary N) is 1. The van der Waals surface area contributed by atoms with Gasteiger partial charge in [0, 0.05) is 24.3 Å². The number of sulfonamides is 1. The number of carbonyl (C=O) groups is 1. The van der Waals surface area contributed by atoms with Crippen LogP contribution in [0.3, 0.4) is 0 Å². The van der Waals surface area contributed by atoms with Gasteiger partial charge in [-0.25, -0.2) is 8.42 Å². The molecule has 3 rings (SSSR count). The van der Waals surface area contributed by atoms with Crippen LogP contribution in [0.2, 0.25) is 0 Å². The normalized spacial score (nSPS) is 14.8. The highest BCUT2D eigenvalue weighted by atomic mass is 79.9. The van der Waals surface area contributed by atoms with Gasteiger partial charge in [-0.1, -0.05) is 32.6 Å². The molecule has 0 radical (unpaired) electrons. The van der Waals surface area contributed by atoms with E-state index in [0.717, 1.165) is 36.6 Å². The van der Waals surface area contributed by atoms with Crippen molar-refractivity contribution in [1.82, 2.24) is 4.31 Å². The summed E-state index contributed by atoms with van der Waals surface area (Å²) in [6, 6.07) is 11.6. The lowest BCUT2D eigenvalue weighted by Crippen LogP contribution is -2.35. The molecule has 0 aliphatic carbocycles. The van der Waals surface area contributed by atoms with E-state index < -0.39 is 10.0 Å². The molecule has 1 N–H and O–H groups in total. The van der Waals surface area contributed by atoms with Crippen molar-refractivity contribution in [2.24, 2.45) is 0 Å². The fraction of sp³-hybridized carbons (Fsp3) is 0.458. The Hall–Kier alpha value is -1.90. The van der Waals surface area contributed by atoms with Crippen LogP contribution in [0.15, 0.2) is 51.8 Å². The van der Waals surface area contributed by atoms with Crippen molar-refractivity contribution in [3.8, 4) is 5.75 Å². The van der Waals surface area contributed by atoms with E-state index in [0.29, 0.717) is 36.7 Å². The number of piperidine rings is 1. The molecule has 1 fully saturated rings. The van der Waals surface area contributed by atoms with Crippen LogP contribution in [0, 0.1) is 0 Å². The summed E-state index contributed by atoms with van der Waals surface area (Å²) < 4.78 is 33.6. The highest BCUT2D eigenvalue weighted by Crippen LogP contribution is 2.27. The van der Waals surface area contributed by atoms with Gasteiger partial charge in [0.25, 0.3) is 5.91 Å².